The predicted octanol–water partition coefficient (Wildman–Crippen LogP) is 4.71. The molecule has 0 radical (unpaired) electrons. The number of carbonyl (C=O) groups is 3. The van der Waals surface area contributed by atoms with E-state index in [1.165, 1.54) is 0 Å². The Kier molecular flexibility index (Phi) is 11.9. The number of nitrogens with zero attached hydrogens (tertiary/aromatic N) is 1. The number of hydrogen-bond acceptors (Lipinski definition) is 5. The van der Waals surface area contributed by atoms with Crippen LogP contribution in [-0.4, -0.2) is 52.8 Å². The van der Waals surface area contributed by atoms with Crippen molar-refractivity contribution >= 4 is 30.5 Å². The summed E-state index contributed by atoms with van der Waals surface area (Å²) < 4.78 is 5.34. The minimum Gasteiger partial charge on any atom is -0.444 e. The molecule has 1 rings (SSSR count). The summed E-state index contributed by atoms with van der Waals surface area (Å²) in [5.74, 6) is -0.529. The van der Waals surface area contributed by atoms with E-state index < -0.39 is 23.8 Å². The van der Waals surface area contributed by atoms with E-state index >= 15 is 0 Å². The minimum absolute atomic E-state index is 0.0771. The van der Waals surface area contributed by atoms with Crippen LogP contribution in [-0.2, 0) is 14.3 Å². The van der Waals surface area contributed by atoms with Crippen LogP contribution in [0.1, 0.15) is 83.5 Å². The summed E-state index contributed by atoms with van der Waals surface area (Å²) in [6.07, 6.45) is 1.94. The molecule has 7 nitrogen and oxygen atoms in total. The summed E-state index contributed by atoms with van der Waals surface area (Å²) in [6, 6.07) is 3.93. The van der Waals surface area contributed by atoms with E-state index in [1.54, 1.807) is 25.7 Å². The summed E-state index contributed by atoms with van der Waals surface area (Å²) in [4.78, 5) is 41.3. The summed E-state index contributed by atoms with van der Waals surface area (Å²) >= 11 is 4.33. The Morgan fingerprint density at radius 3 is 2.26 bits per heavy atom. The van der Waals surface area contributed by atoms with Gasteiger partial charge in [0.1, 0.15) is 17.7 Å². The fraction of sp³-hybridized carbons (Fsp3) is 0.654. The molecule has 2 N–H and O–H groups in total. The lowest BCUT2D eigenvalue weighted by atomic mass is 9.94. The van der Waals surface area contributed by atoms with Crippen LogP contribution in [0.25, 0.3) is 0 Å². The lowest BCUT2D eigenvalue weighted by Gasteiger charge is -2.35. The highest BCUT2D eigenvalue weighted by molar-refractivity contribution is 7.80. The maximum absolute atomic E-state index is 13.8. The molecule has 0 spiro atoms. The zero-order valence-corrected chi connectivity index (χ0v) is 22.9. The normalized spacial score (nSPS) is 13.2. The highest BCUT2D eigenvalue weighted by Gasteiger charge is 2.36. The van der Waals surface area contributed by atoms with Gasteiger partial charge >= 0.3 is 6.09 Å². The lowest BCUT2D eigenvalue weighted by Crippen LogP contribution is -2.54. The zero-order valence-electron chi connectivity index (χ0n) is 22.0. The maximum atomic E-state index is 13.8. The Labute approximate surface area is 210 Å². The molecule has 1 aromatic carbocycles. The van der Waals surface area contributed by atoms with Gasteiger partial charge in [0.25, 0.3) is 0 Å². The third kappa shape index (κ3) is 9.20. The first-order chi connectivity index (χ1) is 15.8. The SMILES string of the molecule is CCCCCN(C(=O)C(CS)NC(=O)OC(C)(C)C)C(C(=O)NC(C)C)c1cccc(C)c1C. The molecule has 0 fully saturated rings. The van der Waals surface area contributed by atoms with Gasteiger partial charge in [-0.3, -0.25) is 9.59 Å². The monoisotopic (exact) mass is 493 g/mol. The number of alkyl carbamates (subject to hydrolysis) is 1. The topological polar surface area (TPSA) is 87.7 Å². The highest BCUT2D eigenvalue weighted by Crippen LogP contribution is 2.28. The van der Waals surface area contributed by atoms with Crippen LogP contribution >= 0.6 is 12.6 Å². The first kappa shape index (κ1) is 29.8. The van der Waals surface area contributed by atoms with E-state index in [4.69, 9.17) is 4.74 Å². The van der Waals surface area contributed by atoms with Crippen molar-refractivity contribution in [1.82, 2.24) is 15.5 Å². The first-order valence-electron chi connectivity index (χ1n) is 12.1. The molecule has 0 bridgehead atoms. The molecule has 8 heteroatoms. The maximum Gasteiger partial charge on any atom is 0.408 e. The molecule has 0 aliphatic heterocycles. The number of nitrogens with one attached hydrogen (secondary N) is 2. The van der Waals surface area contributed by atoms with Crippen LogP contribution in [0.15, 0.2) is 18.2 Å². The average molecular weight is 494 g/mol. The van der Waals surface area contributed by atoms with E-state index in [0.717, 1.165) is 36.0 Å². The van der Waals surface area contributed by atoms with Gasteiger partial charge in [0, 0.05) is 18.3 Å². The van der Waals surface area contributed by atoms with Gasteiger partial charge in [-0.05, 0) is 71.6 Å². The molecule has 0 aromatic heterocycles. The molecule has 0 heterocycles. The van der Waals surface area contributed by atoms with Crippen LogP contribution < -0.4 is 10.6 Å². The summed E-state index contributed by atoms with van der Waals surface area (Å²) in [5, 5.41) is 5.62. The van der Waals surface area contributed by atoms with Gasteiger partial charge in [0.2, 0.25) is 11.8 Å². The van der Waals surface area contributed by atoms with Crippen molar-refractivity contribution in [2.24, 2.45) is 0 Å². The van der Waals surface area contributed by atoms with Gasteiger partial charge < -0.3 is 20.3 Å². The smallest absolute Gasteiger partial charge is 0.408 e. The Balaban J connectivity index is 3.45. The number of carbonyl (C=O) groups excluding carboxylic acids is 3. The quantitative estimate of drug-likeness (QED) is 0.308. The molecule has 2 unspecified atom stereocenters. The van der Waals surface area contributed by atoms with Crippen molar-refractivity contribution in [2.45, 2.75) is 98.4 Å². The van der Waals surface area contributed by atoms with Crippen molar-refractivity contribution in [1.29, 1.82) is 0 Å². The van der Waals surface area contributed by atoms with Crippen molar-refractivity contribution in [3.05, 3.63) is 34.9 Å². The molecule has 192 valence electrons. The van der Waals surface area contributed by atoms with Crippen molar-refractivity contribution in [3.8, 4) is 0 Å². The standard InChI is InChI=1S/C26H43N3O4S/c1-9-10-11-15-29(24(31)21(16-34)28-25(32)33-26(6,7)8)22(23(30)27-17(2)3)20-14-12-13-18(4)19(20)5/h12-14,17,21-22,34H,9-11,15-16H2,1-8H3,(H,27,30)(H,28,32). The third-order valence-electron chi connectivity index (χ3n) is 5.39. The number of rotatable bonds is 11. The van der Waals surface area contributed by atoms with Gasteiger partial charge in [-0.2, -0.15) is 12.6 Å². The van der Waals surface area contributed by atoms with E-state index in [0.29, 0.717) is 6.54 Å². The minimum atomic E-state index is -0.931. The Morgan fingerprint density at radius 1 is 1.09 bits per heavy atom. The molecule has 0 aliphatic carbocycles. The number of aryl methyl sites for hydroxylation is 1. The van der Waals surface area contributed by atoms with Crippen LogP contribution in [0.5, 0.6) is 0 Å². The molecule has 1 aromatic rings. The van der Waals surface area contributed by atoms with Crippen LogP contribution in [0, 0.1) is 13.8 Å². The largest absolute Gasteiger partial charge is 0.444 e. The first-order valence-corrected chi connectivity index (χ1v) is 12.7. The number of unbranched alkanes of at least 4 members (excludes halogenated alkanes) is 2. The van der Waals surface area contributed by atoms with Crippen molar-refractivity contribution < 1.29 is 19.1 Å². The number of amides is 3. The predicted molar refractivity (Wildman–Crippen MR) is 140 cm³/mol. The molecule has 0 aliphatic rings. The highest BCUT2D eigenvalue weighted by atomic mass is 32.1. The van der Waals surface area contributed by atoms with Crippen LogP contribution in [0.3, 0.4) is 0 Å². The molecular formula is C26H43N3O4S. The summed E-state index contributed by atoms with van der Waals surface area (Å²) in [5.41, 5.74) is 2.08. The summed E-state index contributed by atoms with van der Waals surface area (Å²) in [7, 11) is 0. The van der Waals surface area contributed by atoms with E-state index in [-0.39, 0.29) is 23.6 Å². The average Bonchev–Trinajstić information content (AvgIpc) is 2.71. The fourth-order valence-electron chi connectivity index (χ4n) is 3.62. The molecular weight excluding hydrogens is 450 g/mol. The second kappa shape index (κ2) is 13.6. The van der Waals surface area contributed by atoms with E-state index in [1.807, 2.05) is 45.9 Å². The summed E-state index contributed by atoms with van der Waals surface area (Å²) in [6.45, 7) is 15.5. The van der Waals surface area contributed by atoms with E-state index in [2.05, 4.69) is 30.2 Å². The molecule has 3 amide bonds. The van der Waals surface area contributed by atoms with Gasteiger partial charge in [-0.25, -0.2) is 4.79 Å². The molecule has 0 saturated carbocycles. The van der Waals surface area contributed by atoms with Gasteiger partial charge in [0.05, 0.1) is 0 Å². The fourth-order valence-corrected chi connectivity index (χ4v) is 3.87. The van der Waals surface area contributed by atoms with Crippen molar-refractivity contribution in [3.63, 3.8) is 0 Å². The van der Waals surface area contributed by atoms with Gasteiger partial charge in [0.15, 0.2) is 0 Å². The van der Waals surface area contributed by atoms with Gasteiger partial charge in [-0.1, -0.05) is 38.0 Å². The molecule has 34 heavy (non-hydrogen) atoms. The lowest BCUT2D eigenvalue weighted by molar-refractivity contribution is -0.142. The third-order valence-corrected chi connectivity index (χ3v) is 5.75. The Hall–Kier alpha value is -2.22. The number of thiol groups is 1. The van der Waals surface area contributed by atoms with E-state index in [9.17, 15) is 14.4 Å². The van der Waals surface area contributed by atoms with Crippen LogP contribution in [0.2, 0.25) is 0 Å². The number of hydrogen-bond donors (Lipinski definition) is 3. The van der Waals surface area contributed by atoms with Gasteiger partial charge in [-0.15, -0.1) is 0 Å². The molecule has 0 saturated heterocycles. The second-order valence-corrected chi connectivity index (χ2v) is 10.3. The van der Waals surface area contributed by atoms with Crippen molar-refractivity contribution in [2.75, 3.05) is 12.3 Å². The Morgan fingerprint density at radius 2 is 1.74 bits per heavy atom. The second-order valence-electron chi connectivity index (χ2n) is 9.98. The Bertz CT molecular complexity index is 836. The van der Waals surface area contributed by atoms with Crippen LogP contribution in [0.4, 0.5) is 4.79 Å². The zero-order chi connectivity index (χ0) is 26.1. The number of benzene rings is 1. The number of ether oxygens (including phenoxy) is 1. The molecule has 2 atom stereocenters.